The summed E-state index contributed by atoms with van der Waals surface area (Å²) in [7, 11) is -0.497. The van der Waals surface area contributed by atoms with E-state index in [0.29, 0.717) is 18.4 Å². The molecule has 8 heteroatoms. The number of imidazole rings is 1. The number of anilines is 1. The molecule has 3 aromatic rings. The van der Waals surface area contributed by atoms with Crippen molar-refractivity contribution in [3.05, 3.63) is 53.3 Å². The van der Waals surface area contributed by atoms with Crippen LogP contribution in [0.4, 0.5) is 5.69 Å². The number of sulfonamides is 1. The molecule has 1 amide bonds. The van der Waals surface area contributed by atoms with Crippen LogP contribution in [0.1, 0.15) is 49.6 Å². The van der Waals surface area contributed by atoms with Gasteiger partial charge in [-0.25, -0.2) is 17.7 Å². The lowest BCUT2D eigenvalue weighted by Crippen LogP contribution is -2.22. The van der Waals surface area contributed by atoms with Crippen molar-refractivity contribution >= 4 is 32.7 Å². The van der Waals surface area contributed by atoms with Gasteiger partial charge in [0.2, 0.25) is 15.9 Å². The largest absolute Gasteiger partial charge is 0.328 e. The topological polar surface area (TPSA) is 84.3 Å². The minimum atomic E-state index is -3.53. The zero-order valence-electron chi connectivity index (χ0n) is 19.6. The van der Waals surface area contributed by atoms with Crippen LogP contribution in [0.15, 0.2) is 41.3 Å². The fourth-order valence-corrected chi connectivity index (χ4v) is 5.31. The van der Waals surface area contributed by atoms with E-state index in [9.17, 15) is 13.2 Å². The van der Waals surface area contributed by atoms with Gasteiger partial charge in [-0.2, -0.15) is 0 Å². The van der Waals surface area contributed by atoms with Crippen LogP contribution in [0, 0.1) is 0 Å². The van der Waals surface area contributed by atoms with E-state index in [4.69, 9.17) is 4.98 Å². The van der Waals surface area contributed by atoms with Gasteiger partial charge in [0.1, 0.15) is 5.82 Å². The van der Waals surface area contributed by atoms with E-state index in [1.54, 1.807) is 12.1 Å². The van der Waals surface area contributed by atoms with E-state index in [2.05, 4.69) is 28.9 Å². The summed E-state index contributed by atoms with van der Waals surface area (Å²) < 4.78 is 28.4. The van der Waals surface area contributed by atoms with Gasteiger partial charge in [-0.15, -0.1) is 0 Å². The molecule has 1 N–H and O–H groups in total. The van der Waals surface area contributed by atoms with Crippen LogP contribution >= 0.6 is 0 Å². The summed E-state index contributed by atoms with van der Waals surface area (Å²) in [4.78, 5) is 17.6. The quantitative estimate of drug-likeness (QED) is 0.511. The number of rotatable bonds is 9. The molecule has 0 fully saturated rings. The Labute approximate surface area is 195 Å². The minimum absolute atomic E-state index is 0.0436. The molecular weight excluding hydrogens is 436 g/mol. The highest BCUT2D eigenvalue weighted by Gasteiger charge is 2.20. The van der Waals surface area contributed by atoms with Crippen LogP contribution in [-0.4, -0.2) is 42.3 Å². The molecule has 4 rings (SSSR count). The molecule has 2 aromatic carbocycles. The maximum Gasteiger partial charge on any atom is 0.242 e. The number of fused-ring (bicyclic) bond motifs is 2. The molecule has 0 bridgehead atoms. The summed E-state index contributed by atoms with van der Waals surface area (Å²) in [6, 6.07) is 11.3. The van der Waals surface area contributed by atoms with E-state index in [1.165, 1.54) is 35.9 Å². The van der Waals surface area contributed by atoms with Crippen LogP contribution in [0.2, 0.25) is 0 Å². The molecule has 1 aliphatic rings. The zero-order valence-corrected chi connectivity index (χ0v) is 20.4. The Morgan fingerprint density at radius 3 is 2.67 bits per heavy atom. The second-order valence-corrected chi connectivity index (χ2v) is 11.0. The van der Waals surface area contributed by atoms with Gasteiger partial charge in [-0.05, 0) is 67.1 Å². The van der Waals surface area contributed by atoms with Crippen molar-refractivity contribution in [3.63, 3.8) is 0 Å². The number of benzene rings is 2. The molecule has 7 nitrogen and oxygen atoms in total. The van der Waals surface area contributed by atoms with Gasteiger partial charge in [0.15, 0.2) is 0 Å². The van der Waals surface area contributed by atoms with Gasteiger partial charge >= 0.3 is 0 Å². The summed E-state index contributed by atoms with van der Waals surface area (Å²) in [6.45, 7) is 2.92. The Bertz CT molecular complexity index is 1280. The molecule has 1 aliphatic carbocycles. The highest BCUT2D eigenvalue weighted by molar-refractivity contribution is 7.89. The van der Waals surface area contributed by atoms with Crippen LogP contribution in [-0.2, 0) is 40.6 Å². The third kappa shape index (κ3) is 4.96. The standard InChI is InChI=1S/C25H32N4O3S/c1-4-5-15-29-23-12-11-21(33(31,32)28(2)3)17-22(23)27-24(29)13-14-25(30)26-20-10-9-18-7-6-8-19(18)16-20/h9-12,16-17H,4-8,13-15H2,1-3H3,(H,26,30). The number of unbranched alkanes of at least 4 members (excludes halogenated alkanes) is 1. The van der Waals surface area contributed by atoms with Crippen molar-refractivity contribution in [3.8, 4) is 0 Å². The summed E-state index contributed by atoms with van der Waals surface area (Å²) in [6.07, 6.45) is 6.20. The number of hydrogen-bond acceptors (Lipinski definition) is 4. The van der Waals surface area contributed by atoms with Crippen molar-refractivity contribution < 1.29 is 13.2 Å². The lowest BCUT2D eigenvalue weighted by atomic mass is 10.1. The average Bonchev–Trinajstić information content (AvgIpc) is 3.39. The second-order valence-electron chi connectivity index (χ2n) is 8.86. The van der Waals surface area contributed by atoms with Crippen LogP contribution in [0.25, 0.3) is 11.0 Å². The fraction of sp³-hybridized carbons (Fsp3) is 0.440. The molecule has 0 saturated carbocycles. The average molecular weight is 469 g/mol. The zero-order chi connectivity index (χ0) is 23.6. The van der Waals surface area contributed by atoms with Crippen LogP contribution in [0.3, 0.4) is 0 Å². The highest BCUT2D eigenvalue weighted by atomic mass is 32.2. The van der Waals surface area contributed by atoms with Crippen LogP contribution in [0.5, 0.6) is 0 Å². The third-order valence-corrected chi connectivity index (χ3v) is 8.08. The molecule has 33 heavy (non-hydrogen) atoms. The summed E-state index contributed by atoms with van der Waals surface area (Å²) >= 11 is 0. The Balaban J connectivity index is 1.53. The SMILES string of the molecule is CCCCn1c(CCC(=O)Nc2ccc3c(c2)CCC3)nc2cc(S(=O)(=O)N(C)C)ccc21. The van der Waals surface area contributed by atoms with E-state index in [-0.39, 0.29) is 10.8 Å². The Morgan fingerprint density at radius 1 is 1.12 bits per heavy atom. The van der Waals surface area contributed by atoms with Crippen molar-refractivity contribution in [1.82, 2.24) is 13.9 Å². The van der Waals surface area contributed by atoms with Gasteiger partial charge in [0.05, 0.1) is 15.9 Å². The van der Waals surface area contributed by atoms with Gasteiger partial charge in [-0.1, -0.05) is 19.4 Å². The Morgan fingerprint density at radius 2 is 1.91 bits per heavy atom. The van der Waals surface area contributed by atoms with Crippen molar-refractivity contribution in [1.29, 1.82) is 0 Å². The first-order valence-electron chi connectivity index (χ1n) is 11.6. The van der Waals surface area contributed by atoms with Crippen molar-refractivity contribution in [2.45, 2.75) is 63.3 Å². The predicted molar refractivity (Wildman–Crippen MR) is 131 cm³/mol. The van der Waals surface area contributed by atoms with Crippen molar-refractivity contribution in [2.24, 2.45) is 0 Å². The third-order valence-electron chi connectivity index (χ3n) is 6.27. The van der Waals surface area contributed by atoms with E-state index in [1.807, 2.05) is 12.1 Å². The molecule has 176 valence electrons. The van der Waals surface area contributed by atoms with Gasteiger partial charge in [-0.3, -0.25) is 4.79 Å². The number of amides is 1. The van der Waals surface area contributed by atoms with E-state index >= 15 is 0 Å². The highest BCUT2D eigenvalue weighted by Crippen LogP contribution is 2.26. The number of hydrogen-bond donors (Lipinski definition) is 1. The summed E-state index contributed by atoms with van der Waals surface area (Å²) in [5.41, 5.74) is 5.10. The van der Waals surface area contributed by atoms with E-state index in [0.717, 1.165) is 49.3 Å². The number of nitrogens with zero attached hydrogens (tertiary/aromatic N) is 3. The first kappa shape index (κ1) is 23.4. The predicted octanol–water partition coefficient (Wildman–Crippen LogP) is 4.15. The van der Waals surface area contributed by atoms with Gasteiger partial charge in [0.25, 0.3) is 0 Å². The van der Waals surface area contributed by atoms with Crippen molar-refractivity contribution in [2.75, 3.05) is 19.4 Å². The lowest BCUT2D eigenvalue weighted by Gasteiger charge is -2.12. The summed E-state index contributed by atoms with van der Waals surface area (Å²) in [5, 5.41) is 3.02. The smallest absolute Gasteiger partial charge is 0.242 e. The first-order chi connectivity index (χ1) is 15.8. The van der Waals surface area contributed by atoms with Crippen LogP contribution < -0.4 is 5.32 Å². The number of carbonyl (C=O) groups is 1. The molecule has 0 saturated heterocycles. The molecular formula is C25H32N4O3S. The lowest BCUT2D eigenvalue weighted by molar-refractivity contribution is -0.116. The van der Waals surface area contributed by atoms with E-state index < -0.39 is 10.0 Å². The number of aryl methyl sites for hydroxylation is 4. The Hall–Kier alpha value is -2.71. The maximum absolute atomic E-state index is 12.7. The molecule has 0 unspecified atom stereocenters. The fourth-order valence-electron chi connectivity index (χ4n) is 4.39. The second kappa shape index (κ2) is 9.65. The van der Waals surface area contributed by atoms with Gasteiger partial charge in [0, 0.05) is 39.2 Å². The molecule has 1 aromatic heterocycles. The molecule has 0 spiro atoms. The monoisotopic (exact) mass is 468 g/mol. The number of carbonyl (C=O) groups excluding carboxylic acids is 1. The first-order valence-corrected chi connectivity index (χ1v) is 13.1. The molecule has 1 heterocycles. The normalized spacial score (nSPS) is 13.6. The molecule has 0 radical (unpaired) electrons. The maximum atomic E-state index is 12.7. The minimum Gasteiger partial charge on any atom is -0.328 e. The Kier molecular flexibility index (Phi) is 6.86. The number of aromatic nitrogens is 2. The molecule has 0 atom stereocenters. The molecule has 0 aliphatic heterocycles. The number of nitrogens with one attached hydrogen (secondary N) is 1. The summed E-state index contributed by atoms with van der Waals surface area (Å²) in [5.74, 6) is 0.764. The van der Waals surface area contributed by atoms with Gasteiger partial charge < -0.3 is 9.88 Å².